The second-order valence-corrected chi connectivity index (χ2v) is 5.02. The molecule has 0 aromatic heterocycles. The number of aliphatic hydroxyl groups excluding tert-OH is 8. The van der Waals surface area contributed by atoms with Crippen LogP contribution in [0.15, 0.2) is 0 Å². The first-order valence-corrected chi connectivity index (χ1v) is 6.85. The fraction of sp³-hybridized carbons (Fsp3) is 0.667. The minimum atomic E-state index is -2.50. The number of hydrogen-bond donors (Lipinski definition) is 9. The molecule has 0 bridgehead atoms. The SMILES string of the molecule is N.O=C([O-])[C@@H](O)[C@@H](O)[C@H](O)[C@@H](O)C(=O)[O-].O=C([O-])[C@@H](O)[C@@H](O)[C@H](O)[C@@H](O)C(=O)[O-].[Zr+4]. The van der Waals surface area contributed by atoms with E-state index in [9.17, 15) is 39.6 Å². The Kier molecular flexibility index (Phi) is 19.3. The predicted molar refractivity (Wildman–Crippen MR) is 73.1 cm³/mol. The molecule has 0 aliphatic rings. The Morgan fingerprint density at radius 3 is 0.600 bits per heavy atom. The molecule has 18 heteroatoms. The van der Waals surface area contributed by atoms with Gasteiger partial charge in [-0.05, 0) is 0 Å². The summed E-state index contributed by atoms with van der Waals surface area (Å²) in [6.45, 7) is 0. The predicted octanol–water partition coefficient (Wildman–Crippen LogP) is -12.0. The van der Waals surface area contributed by atoms with E-state index in [1.54, 1.807) is 0 Å². The van der Waals surface area contributed by atoms with Crippen molar-refractivity contribution in [1.29, 1.82) is 0 Å². The van der Waals surface area contributed by atoms with Gasteiger partial charge in [-0.15, -0.1) is 0 Å². The Hall–Kier alpha value is -1.60. The third-order valence-electron chi connectivity index (χ3n) is 2.96. The van der Waals surface area contributed by atoms with Crippen molar-refractivity contribution in [1.82, 2.24) is 6.15 Å². The first-order chi connectivity index (χ1) is 12.6. The van der Waals surface area contributed by atoms with E-state index < -0.39 is 72.7 Å². The van der Waals surface area contributed by atoms with Crippen molar-refractivity contribution in [2.24, 2.45) is 0 Å². The smallest absolute Gasteiger partial charge is 0.547 e. The number of aliphatic hydroxyl groups is 8. The van der Waals surface area contributed by atoms with Crippen molar-refractivity contribution in [2.45, 2.75) is 48.8 Å². The topological polar surface area (TPSA) is 357 Å². The molecular weight excluding hydrogens is 505 g/mol. The minimum absolute atomic E-state index is 0. The number of hydrogen-bond acceptors (Lipinski definition) is 17. The molecule has 0 spiro atoms. The van der Waals surface area contributed by atoms with Gasteiger partial charge in [0.25, 0.3) is 0 Å². The molecule has 0 fully saturated rings. The summed E-state index contributed by atoms with van der Waals surface area (Å²) in [5, 5.41) is 109. The van der Waals surface area contributed by atoms with Crippen LogP contribution < -0.4 is 26.6 Å². The maximum absolute atomic E-state index is 9.96. The molecule has 0 unspecified atom stereocenters. The zero-order valence-electron chi connectivity index (χ0n) is 14.7. The summed E-state index contributed by atoms with van der Waals surface area (Å²) < 4.78 is 0. The third-order valence-corrected chi connectivity index (χ3v) is 2.96. The van der Waals surface area contributed by atoms with Crippen molar-refractivity contribution in [3.63, 3.8) is 0 Å². The standard InChI is InChI=1S/2C6H10O8.H3N.Zr/c2*7-1(3(9)5(11)12)2(8)4(10)6(13)14;;/h2*1-4,7-10H,(H,11,12)(H,13,14);1H3;/q;;;+4/p-4/t2*1-,2-,3-,4+;;/m00../s1. The van der Waals surface area contributed by atoms with Crippen LogP contribution in [0.5, 0.6) is 0 Å². The van der Waals surface area contributed by atoms with Gasteiger partial charge in [0.2, 0.25) is 0 Å². The van der Waals surface area contributed by atoms with Crippen LogP contribution >= 0.6 is 0 Å². The molecule has 0 aromatic carbocycles. The van der Waals surface area contributed by atoms with Gasteiger partial charge in [0.1, 0.15) is 48.8 Å². The number of carbonyl (C=O) groups excluding carboxylic acids is 4. The van der Waals surface area contributed by atoms with Crippen molar-refractivity contribution in [3.05, 3.63) is 0 Å². The first kappa shape index (κ1) is 35.8. The molecule has 172 valence electrons. The summed E-state index contributed by atoms with van der Waals surface area (Å²) in [7, 11) is 0. The number of carboxylic acid groups (broad SMARTS) is 4. The van der Waals surface area contributed by atoms with Gasteiger partial charge in [-0.1, -0.05) is 0 Å². The number of carbonyl (C=O) groups is 4. The number of carboxylic acids is 4. The Balaban J connectivity index is -0.000000211. The number of rotatable bonds is 10. The van der Waals surface area contributed by atoms with Crippen LogP contribution in [-0.2, 0) is 45.4 Å². The van der Waals surface area contributed by atoms with Crippen LogP contribution in [0.25, 0.3) is 0 Å². The number of aliphatic carboxylic acids is 4. The molecular formula is C12H19NO16Zr. The van der Waals surface area contributed by atoms with Crippen LogP contribution in [-0.4, -0.2) is 114 Å². The maximum Gasteiger partial charge on any atom is 4.00 e. The van der Waals surface area contributed by atoms with Crippen molar-refractivity contribution in [2.75, 3.05) is 0 Å². The summed E-state index contributed by atoms with van der Waals surface area (Å²) in [6.07, 6.45) is -19.5. The molecule has 0 saturated carbocycles. The average molecular weight is 524 g/mol. The fourth-order valence-corrected chi connectivity index (χ4v) is 1.30. The van der Waals surface area contributed by atoms with Crippen LogP contribution in [0.4, 0.5) is 0 Å². The van der Waals surface area contributed by atoms with Gasteiger partial charge in [-0.25, -0.2) is 0 Å². The van der Waals surface area contributed by atoms with Gasteiger partial charge in [0.15, 0.2) is 0 Å². The van der Waals surface area contributed by atoms with Crippen molar-refractivity contribution < 1.29 is 107 Å². The zero-order chi connectivity index (χ0) is 22.9. The van der Waals surface area contributed by atoms with Crippen LogP contribution in [0.1, 0.15) is 0 Å². The van der Waals surface area contributed by atoms with Gasteiger partial charge in [0.05, 0.1) is 23.9 Å². The monoisotopic (exact) mass is 523 g/mol. The van der Waals surface area contributed by atoms with Crippen molar-refractivity contribution in [3.8, 4) is 0 Å². The molecule has 11 N–H and O–H groups in total. The molecule has 0 aliphatic carbocycles. The molecule has 8 atom stereocenters. The minimum Gasteiger partial charge on any atom is -0.547 e. The van der Waals surface area contributed by atoms with Gasteiger partial charge in [-0.3, -0.25) is 0 Å². The molecule has 0 amide bonds. The normalized spacial score (nSPS) is 18.1. The van der Waals surface area contributed by atoms with E-state index in [0.717, 1.165) is 0 Å². The zero-order valence-corrected chi connectivity index (χ0v) is 17.1. The van der Waals surface area contributed by atoms with Gasteiger partial charge >= 0.3 is 26.2 Å². The average Bonchev–Trinajstić information content (AvgIpc) is 2.62. The molecule has 0 heterocycles. The second kappa shape index (κ2) is 16.1. The summed E-state index contributed by atoms with van der Waals surface area (Å²) in [6, 6.07) is 0. The van der Waals surface area contributed by atoms with E-state index in [2.05, 4.69) is 0 Å². The summed E-state index contributed by atoms with van der Waals surface area (Å²) in [4.78, 5) is 39.8. The molecule has 17 nitrogen and oxygen atoms in total. The van der Waals surface area contributed by atoms with Gasteiger partial charge < -0.3 is 86.6 Å². The largest absolute Gasteiger partial charge is 4.00 e. The Morgan fingerprint density at radius 2 is 0.533 bits per heavy atom. The molecule has 30 heavy (non-hydrogen) atoms. The van der Waals surface area contributed by atoms with E-state index in [-0.39, 0.29) is 32.4 Å². The van der Waals surface area contributed by atoms with Crippen LogP contribution in [0.2, 0.25) is 0 Å². The molecule has 0 aliphatic heterocycles. The Morgan fingerprint density at radius 1 is 0.433 bits per heavy atom. The fourth-order valence-electron chi connectivity index (χ4n) is 1.30. The van der Waals surface area contributed by atoms with E-state index in [4.69, 9.17) is 40.9 Å². The second-order valence-electron chi connectivity index (χ2n) is 5.02. The van der Waals surface area contributed by atoms with Crippen LogP contribution in [0, 0.1) is 0 Å². The van der Waals surface area contributed by atoms with E-state index >= 15 is 0 Å². The van der Waals surface area contributed by atoms with E-state index in [1.165, 1.54) is 0 Å². The Bertz CT molecular complexity index is 464. The van der Waals surface area contributed by atoms with E-state index in [1.807, 2.05) is 0 Å². The molecule has 0 radical (unpaired) electrons. The summed E-state index contributed by atoms with van der Waals surface area (Å²) >= 11 is 0. The first-order valence-electron chi connectivity index (χ1n) is 6.85. The molecule has 0 rings (SSSR count). The van der Waals surface area contributed by atoms with Gasteiger partial charge in [-0.2, -0.15) is 0 Å². The van der Waals surface area contributed by atoms with Crippen molar-refractivity contribution >= 4 is 23.9 Å². The molecule has 0 aromatic rings. The molecule has 0 saturated heterocycles. The maximum atomic E-state index is 9.96. The van der Waals surface area contributed by atoms with E-state index in [0.29, 0.717) is 0 Å². The van der Waals surface area contributed by atoms with Gasteiger partial charge in [0, 0.05) is 0 Å². The Labute approximate surface area is 185 Å². The van der Waals surface area contributed by atoms with Crippen LogP contribution in [0.3, 0.4) is 0 Å². The summed E-state index contributed by atoms with van der Waals surface area (Å²) in [5.74, 6) is -8.44. The summed E-state index contributed by atoms with van der Waals surface area (Å²) in [5.41, 5.74) is 0. The third kappa shape index (κ3) is 11.6. The quantitative estimate of drug-likeness (QED) is 0.128.